The number of nitrogens with zero attached hydrogens (tertiary/aromatic N) is 2. The average molecular weight is 498 g/mol. The molecule has 6 nitrogen and oxygen atoms in total. The molecule has 4 rings (SSSR count). The van der Waals surface area contributed by atoms with Crippen LogP contribution in [0, 0.1) is 4.77 Å². The predicted octanol–water partition coefficient (Wildman–Crippen LogP) is 5.96. The molecule has 1 N–H and O–H groups in total. The van der Waals surface area contributed by atoms with E-state index in [9.17, 15) is 0 Å². The van der Waals surface area contributed by atoms with Gasteiger partial charge in [0.25, 0.3) is 0 Å². The van der Waals surface area contributed by atoms with E-state index in [1.165, 1.54) is 0 Å². The summed E-state index contributed by atoms with van der Waals surface area (Å²) in [6.07, 6.45) is 0. The van der Waals surface area contributed by atoms with Crippen molar-refractivity contribution in [1.82, 2.24) is 14.8 Å². The van der Waals surface area contributed by atoms with Crippen LogP contribution in [-0.2, 0) is 6.61 Å². The van der Waals surface area contributed by atoms with Crippen LogP contribution in [-0.4, -0.2) is 29.0 Å². The lowest BCUT2D eigenvalue weighted by atomic mass is 10.1. The zero-order chi connectivity index (χ0) is 21.8. The lowest BCUT2D eigenvalue weighted by molar-refractivity contribution is 0.296. The van der Waals surface area contributed by atoms with Crippen LogP contribution in [0.1, 0.15) is 5.56 Å². The SMILES string of the molecule is COc1cccc(-n2c(-c3ccc(OC)c(COc4ccc(Br)cc4)c3)n[nH]c2=S)c1. The Hall–Kier alpha value is -3.10. The molecule has 0 bridgehead atoms. The molecule has 1 aromatic heterocycles. The molecule has 158 valence electrons. The van der Waals surface area contributed by atoms with Crippen molar-refractivity contribution in [2.45, 2.75) is 6.61 Å². The second-order valence-corrected chi connectivity index (χ2v) is 7.96. The van der Waals surface area contributed by atoms with Gasteiger partial charge in [-0.25, -0.2) is 0 Å². The normalized spacial score (nSPS) is 10.7. The van der Waals surface area contributed by atoms with Gasteiger partial charge in [-0.15, -0.1) is 0 Å². The first kappa shape index (κ1) is 21.1. The Kier molecular flexibility index (Phi) is 6.39. The molecule has 0 atom stereocenters. The maximum Gasteiger partial charge on any atom is 0.200 e. The summed E-state index contributed by atoms with van der Waals surface area (Å²) in [6.45, 7) is 0.350. The standard InChI is InChI=1S/C23H20BrN3O3S/c1-28-20-5-3-4-18(13-20)27-22(25-26-23(27)31)15-6-11-21(29-2)16(12-15)14-30-19-9-7-17(24)8-10-19/h3-13H,14H2,1-2H3,(H,26,31). The number of aromatic nitrogens is 3. The highest BCUT2D eigenvalue weighted by molar-refractivity contribution is 9.10. The van der Waals surface area contributed by atoms with E-state index >= 15 is 0 Å². The number of methoxy groups -OCH3 is 2. The highest BCUT2D eigenvalue weighted by Gasteiger charge is 2.14. The Morgan fingerprint density at radius 3 is 2.52 bits per heavy atom. The van der Waals surface area contributed by atoms with Crippen molar-refractivity contribution < 1.29 is 14.2 Å². The van der Waals surface area contributed by atoms with Crippen LogP contribution in [0.5, 0.6) is 17.2 Å². The smallest absolute Gasteiger partial charge is 0.200 e. The van der Waals surface area contributed by atoms with E-state index in [1.807, 2.05) is 71.3 Å². The van der Waals surface area contributed by atoms with E-state index < -0.39 is 0 Å². The second-order valence-electron chi connectivity index (χ2n) is 6.66. The van der Waals surface area contributed by atoms with Gasteiger partial charge in [0, 0.05) is 21.7 Å². The van der Waals surface area contributed by atoms with Gasteiger partial charge in [-0.2, -0.15) is 5.10 Å². The summed E-state index contributed by atoms with van der Waals surface area (Å²) in [7, 11) is 3.28. The number of hydrogen-bond donors (Lipinski definition) is 1. The summed E-state index contributed by atoms with van der Waals surface area (Å²) in [5.41, 5.74) is 2.64. The monoisotopic (exact) mass is 497 g/mol. The number of aromatic amines is 1. The molecule has 0 unspecified atom stereocenters. The molecule has 0 spiro atoms. The summed E-state index contributed by atoms with van der Waals surface area (Å²) in [6, 6.07) is 21.2. The molecule has 4 aromatic rings. The van der Waals surface area contributed by atoms with Crippen LogP contribution in [0.15, 0.2) is 71.2 Å². The number of halogens is 1. The van der Waals surface area contributed by atoms with Gasteiger partial charge < -0.3 is 14.2 Å². The molecule has 0 aliphatic heterocycles. The summed E-state index contributed by atoms with van der Waals surface area (Å²) in [4.78, 5) is 0. The lowest BCUT2D eigenvalue weighted by Gasteiger charge is -2.13. The van der Waals surface area contributed by atoms with Gasteiger partial charge in [0.2, 0.25) is 0 Å². The van der Waals surface area contributed by atoms with Gasteiger partial charge in [-0.05, 0) is 66.8 Å². The van der Waals surface area contributed by atoms with Gasteiger partial charge in [0.1, 0.15) is 23.9 Å². The number of benzene rings is 3. The van der Waals surface area contributed by atoms with Crippen LogP contribution < -0.4 is 14.2 Å². The third-order valence-corrected chi connectivity index (χ3v) is 5.53. The molecule has 0 saturated heterocycles. The fourth-order valence-electron chi connectivity index (χ4n) is 3.20. The molecule has 0 aliphatic rings. The van der Waals surface area contributed by atoms with Gasteiger partial charge in [-0.1, -0.05) is 22.0 Å². The van der Waals surface area contributed by atoms with E-state index in [4.69, 9.17) is 26.4 Å². The van der Waals surface area contributed by atoms with Crippen molar-refractivity contribution in [2.24, 2.45) is 0 Å². The Balaban J connectivity index is 1.70. The van der Waals surface area contributed by atoms with Gasteiger partial charge >= 0.3 is 0 Å². The molecule has 0 aliphatic carbocycles. The van der Waals surface area contributed by atoms with Gasteiger partial charge in [0.15, 0.2) is 10.6 Å². The third-order valence-electron chi connectivity index (χ3n) is 4.73. The van der Waals surface area contributed by atoms with E-state index in [0.29, 0.717) is 17.2 Å². The summed E-state index contributed by atoms with van der Waals surface area (Å²) in [5.74, 6) is 2.94. The molecule has 31 heavy (non-hydrogen) atoms. The number of ether oxygens (including phenoxy) is 3. The molecule has 0 amide bonds. The summed E-state index contributed by atoms with van der Waals surface area (Å²) < 4.78 is 20.2. The van der Waals surface area contributed by atoms with Gasteiger partial charge in [-0.3, -0.25) is 9.67 Å². The fourth-order valence-corrected chi connectivity index (χ4v) is 3.70. The van der Waals surface area contributed by atoms with Crippen LogP contribution in [0.4, 0.5) is 0 Å². The van der Waals surface area contributed by atoms with Crippen molar-refractivity contribution in [2.75, 3.05) is 14.2 Å². The molecule has 0 radical (unpaired) electrons. The lowest BCUT2D eigenvalue weighted by Crippen LogP contribution is -2.02. The molecular formula is C23H20BrN3O3S. The Morgan fingerprint density at radius 2 is 1.77 bits per heavy atom. The zero-order valence-electron chi connectivity index (χ0n) is 17.0. The second kappa shape index (κ2) is 9.36. The Morgan fingerprint density at radius 1 is 0.968 bits per heavy atom. The van der Waals surface area contributed by atoms with Crippen molar-refractivity contribution in [3.63, 3.8) is 0 Å². The number of H-pyrrole nitrogens is 1. The van der Waals surface area contributed by atoms with E-state index in [1.54, 1.807) is 14.2 Å². The minimum Gasteiger partial charge on any atom is -0.497 e. The van der Waals surface area contributed by atoms with E-state index in [0.717, 1.165) is 38.5 Å². The zero-order valence-corrected chi connectivity index (χ0v) is 19.4. The number of rotatable bonds is 7. The molecular weight excluding hydrogens is 478 g/mol. The first-order chi connectivity index (χ1) is 15.1. The highest BCUT2D eigenvalue weighted by atomic mass is 79.9. The third kappa shape index (κ3) is 4.65. The van der Waals surface area contributed by atoms with E-state index in [2.05, 4.69) is 26.1 Å². The van der Waals surface area contributed by atoms with Crippen molar-refractivity contribution in [3.05, 3.63) is 81.5 Å². The maximum absolute atomic E-state index is 5.96. The van der Waals surface area contributed by atoms with Crippen LogP contribution >= 0.6 is 28.1 Å². The first-order valence-corrected chi connectivity index (χ1v) is 10.7. The number of hydrogen-bond acceptors (Lipinski definition) is 5. The Labute approximate surface area is 193 Å². The topological polar surface area (TPSA) is 61.3 Å². The maximum atomic E-state index is 5.96. The average Bonchev–Trinajstić information content (AvgIpc) is 3.20. The number of nitrogens with one attached hydrogen (secondary N) is 1. The van der Waals surface area contributed by atoms with E-state index in [-0.39, 0.29) is 0 Å². The van der Waals surface area contributed by atoms with Crippen LogP contribution in [0.2, 0.25) is 0 Å². The highest BCUT2D eigenvalue weighted by Crippen LogP contribution is 2.29. The van der Waals surface area contributed by atoms with Crippen LogP contribution in [0.25, 0.3) is 17.1 Å². The van der Waals surface area contributed by atoms with Crippen molar-refractivity contribution in [3.8, 4) is 34.3 Å². The summed E-state index contributed by atoms with van der Waals surface area (Å²) >= 11 is 8.92. The Bertz CT molecular complexity index is 1250. The first-order valence-electron chi connectivity index (χ1n) is 9.46. The van der Waals surface area contributed by atoms with Gasteiger partial charge in [0.05, 0.1) is 19.9 Å². The van der Waals surface area contributed by atoms with Crippen molar-refractivity contribution in [1.29, 1.82) is 0 Å². The molecule has 1 heterocycles. The molecule has 8 heteroatoms. The minimum atomic E-state index is 0.350. The largest absolute Gasteiger partial charge is 0.497 e. The molecule has 3 aromatic carbocycles. The summed E-state index contributed by atoms with van der Waals surface area (Å²) in [5, 5.41) is 7.35. The van der Waals surface area contributed by atoms with Crippen LogP contribution in [0.3, 0.4) is 0 Å². The molecule has 0 fully saturated rings. The predicted molar refractivity (Wildman–Crippen MR) is 126 cm³/mol. The fraction of sp³-hybridized carbons (Fsp3) is 0.130. The minimum absolute atomic E-state index is 0.350. The molecule has 0 saturated carbocycles. The van der Waals surface area contributed by atoms with Crippen molar-refractivity contribution >= 4 is 28.1 Å². The quantitative estimate of drug-likeness (QED) is 0.319.